The number of oxime groups is 1. The number of amidine groups is 1. The van der Waals surface area contributed by atoms with E-state index in [9.17, 15) is 0 Å². The van der Waals surface area contributed by atoms with E-state index in [1.165, 1.54) is 0 Å². The first-order valence-electron chi connectivity index (χ1n) is 5.97. The molecule has 7 heteroatoms. The summed E-state index contributed by atoms with van der Waals surface area (Å²) in [6.45, 7) is 0.578. The van der Waals surface area contributed by atoms with E-state index in [0.29, 0.717) is 22.2 Å². The molecule has 0 atom stereocenters. The van der Waals surface area contributed by atoms with Crippen molar-refractivity contribution in [1.82, 2.24) is 0 Å². The van der Waals surface area contributed by atoms with Gasteiger partial charge in [0.1, 0.15) is 0 Å². The van der Waals surface area contributed by atoms with Crippen molar-refractivity contribution >= 4 is 50.7 Å². The maximum Gasteiger partial charge on any atom is 0.170 e. The minimum Gasteiger partial charge on any atom is -0.409 e. The molecule has 0 aliphatic heterocycles. The predicted molar refractivity (Wildman–Crippen MR) is 90.4 cm³/mol. The highest BCUT2D eigenvalue weighted by molar-refractivity contribution is 9.10. The van der Waals surface area contributed by atoms with Crippen molar-refractivity contribution in [3.8, 4) is 0 Å². The van der Waals surface area contributed by atoms with Gasteiger partial charge in [-0.2, -0.15) is 0 Å². The van der Waals surface area contributed by atoms with E-state index in [2.05, 4.69) is 26.4 Å². The normalized spacial score (nSPS) is 11.5. The van der Waals surface area contributed by atoms with Crippen molar-refractivity contribution < 1.29 is 5.21 Å². The maximum atomic E-state index is 8.61. The SMILES string of the molecule is N/C(=N/O)c1ccc(CNc2ccc(Br)c(Cl)c2Cl)cc1. The topological polar surface area (TPSA) is 70.6 Å². The number of nitrogens with two attached hydrogens (primary N) is 1. The van der Waals surface area contributed by atoms with Crippen LogP contribution in [0.5, 0.6) is 0 Å². The highest BCUT2D eigenvalue weighted by Gasteiger charge is 2.08. The minimum absolute atomic E-state index is 0.0808. The van der Waals surface area contributed by atoms with E-state index in [4.69, 9.17) is 34.1 Å². The van der Waals surface area contributed by atoms with Crippen LogP contribution in [0.1, 0.15) is 11.1 Å². The van der Waals surface area contributed by atoms with E-state index in [1.807, 2.05) is 24.3 Å². The second kappa shape index (κ2) is 7.02. The van der Waals surface area contributed by atoms with Crippen molar-refractivity contribution in [3.05, 3.63) is 62.0 Å². The van der Waals surface area contributed by atoms with Gasteiger partial charge >= 0.3 is 0 Å². The third-order valence-corrected chi connectivity index (χ3v) is 4.65. The number of hydrogen-bond acceptors (Lipinski definition) is 3. The molecule has 4 nitrogen and oxygen atoms in total. The monoisotopic (exact) mass is 387 g/mol. The van der Waals surface area contributed by atoms with E-state index < -0.39 is 0 Å². The summed E-state index contributed by atoms with van der Waals surface area (Å²) >= 11 is 15.5. The molecule has 0 fully saturated rings. The van der Waals surface area contributed by atoms with Crippen LogP contribution in [0.4, 0.5) is 5.69 Å². The highest BCUT2D eigenvalue weighted by atomic mass is 79.9. The number of nitrogens with one attached hydrogen (secondary N) is 1. The lowest BCUT2D eigenvalue weighted by atomic mass is 10.1. The molecule has 4 N–H and O–H groups in total. The Morgan fingerprint density at radius 2 is 1.81 bits per heavy atom. The first-order chi connectivity index (χ1) is 10.0. The molecule has 2 rings (SSSR count). The first kappa shape index (κ1) is 15.9. The molecule has 2 aromatic rings. The Hall–Kier alpha value is -1.43. The Morgan fingerprint density at radius 3 is 2.43 bits per heavy atom. The Labute approximate surface area is 140 Å². The Kier molecular flexibility index (Phi) is 5.33. The zero-order chi connectivity index (χ0) is 15.4. The van der Waals surface area contributed by atoms with Gasteiger partial charge in [-0.05, 0) is 33.6 Å². The van der Waals surface area contributed by atoms with Crippen LogP contribution in [0.3, 0.4) is 0 Å². The molecule has 0 spiro atoms. The van der Waals surface area contributed by atoms with Crippen LogP contribution in [0.15, 0.2) is 46.0 Å². The van der Waals surface area contributed by atoms with Crippen LogP contribution < -0.4 is 11.1 Å². The summed E-state index contributed by atoms with van der Waals surface area (Å²) in [6.07, 6.45) is 0. The van der Waals surface area contributed by atoms with Crippen LogP contribution in [0, 0.1) is 0 Å². The number of rotatable bonds is 4. The highest BCUT2D eigenvalue weighted by Crippen LogP contribution is 2.35. The van der Waals surface area contributed by atoms with Gasteiger partial charge in [-0.1, -0.05) is 52.6 Å². The summed E-state index contributed by atoms with van der Waals surface area (Å²) in [6, 6.07) is 11.0. The van der Waals surface area contributed by atoms with Gasteiger partial charge in [0, 0.05) is 16.6 Å². The molecule has 110 valence electrons. The third kappa shape index (κ3) is 3.81. The van der Waals surface area contributed by atoms with Gasteiger partial charge in [-0.3, -0.25) is 0 Å². The molecule has 2 aromatic carbocycles. The average molecular weight is 389 g/mol. The smallest absolute Gasteiger partial charge is 0.170 e. The molecule has 0 aliphatic rings. The molecule has 0 amide bonds. The second-order valence-electron chi connectivity index (χ2n) is 4.26. The van der Waals surface area contributed by atoms with Crippen molar-refractivity contribution in [2.24, 2.45) is 10.9 Å². The van der Waals surface area contributed by atoms with E-state index in [0.717, 1.165) is 15.7 Å². The fourth-order valence-corrected chi connectivity index (χ4v) is 2.55. The van der Waals surface area contributed by atoms with E-state index >= 15 is 0 Å². The lowest BCUT2D eigenvalue weighted by Crippen LogP contribution is -2.13. The molecular formula is C14H12BrCl2N3O. The molecule has 0 unspecified atom stereocenters. The zero-order valence-electron chi connectivity index (χ0n) is 10.8. The first-order valence-corrected chi connectivity index (χ1v) is 7.52. The average Bonchev–Trinajstić information content (AvgIpc) is 2.52. The quantitative estimate of drug-likeness (QED) is 0.238. The Morgan fingerprint density at radius 1 is 1.14 bits per heavy atom. The number of nitrogens with zero attached hydrogens (tertiary/aromatic N) is 1. The molecule has 0 radical (unpaired) electrons. The van der Waals surface area contributed by atoms with Crippen molar-refractivity contribution in [2.45, 2.75) is 6.54 Å². The van der Waals surface area contributed by atoms with Gasteiger partial charge in [-0.25, -0.2) is 0 Å². The molecular weight excluding hydrogens is 377 g/mol. The fraction of sp³-hybridized carbons (Fsp3) is 0.0714. The molecule has 0 aromatic heterocycles. The van der Waals surface area contributed by atoms with Crippen LogP contribution >= 0.6 is 39.1 Å². The molecule has 0 saturated carbocycles. The third-order valence-electron chi connectivity index (χ3n) is 2.88. The van der Waals surface area contributed by atoms with E-state index in [1.54, 1.807) is 12.1 Å². The summed E-state index contributed by atoms with van der Waals surface area (Å²) in [5.41, 5.74) is 7.95. The van der Waals surface area contributed by atoms with E-state index in [-0.39, 0.29) is 5.84 Å². The van der Waals surface area contributed by atoms with Crippen LogP contribution in [-0.4, -0.2) is 11.0 Å². The summed E-state index contributed by atoms with van der Waals surface area (Å²) in [5.74, 6) is 0.0808. The number of hydrogen-bond donors (Lipinski definition) is 3. The van der Waals surface area contributed by atoms with Crippen molar-refractivity contribution in [1.29, 1.82) is 0 Å². The molecule has 0 bridgehead atoms. The van der Waals surface area contributed by atoms with Crippen molar-refractivity contribution in [3.63, 3.8) is 0 Å². The van der Waals surface area contributed by atoms with Gasteiger partial charge in [-0.15, -0.1) is 0 Å². The Bertz CT molecular complexity index is 675. The number of halogens is 3. The Balaban J connectivity index is 2.08. The molecule has 0 saturated heterocycles. The molecule has 0 aliphatic carbocycles. The summed E-state index contributed by atoms with van der Waals surface area (Å²) in [7, 11) is 0. The molecule has 0 heterocycles. The van der Waals surface area contributed by atoms with Crippen LogP contribution in [0.2, 0.25) is 10.0 Å². The van der Waals surface area contributed by atoms with Gasteiger partial charge in [0.25, 0.3) is 0 Å². The number of anilines is 1. The summed E-state index contributed by atoms with van der Waals surface area (Å²) < 4.78 is 0.753. The van der Waals surface area contributed by atoms with Gasteiger partial charge in [0.2, 0.25) is 0 Å². The maximum absolute atomic E-state index is 8.61. The van der Waals surface area contributed by atoms with Crippen LogP contribution in [0.25, 0.3) is 0 Å². The lowest BCUT2D eigenvalue weighted by molar-refractivity contribution is 0.318. The summed E-state index contributed by atoms with van der Waals surface area (Å²) in [4.78, 5) is 0. The second-order valence-corrected chi connectivity index (χ2v) is 5.87. The van der Waals surface area contributed by atoms with Gasteiger partial charge in [0.05, 0.1) is 15.7 Å². The van der Waals surface area contributed by atoms with Gasteiger partial charge in [0.15, 0.2) is 5.84 Å². The van der Waals surface area contributed by atoms with Crippen molar-refractivity contribution in [2.75, 3.05) is 5.32 Å². The number of benzene rings is 2. The summed E-state index contributed by atoms with van der Waals surface area (Å²) in [5, 5.41) is 15.7. The van der Waals surface area contributed by atoms with Gasteiger partial charge < -0.3 is 16.3 Å². The zero-order valence-corrected chi connectivity index (χ0v) is 13.9. The molecule has 21 heavy (non-hydrogen) atoms. The largest absolute Gasteiger partial charge is 0.409 e. The fourth-order valence-electron chi connectivity index (χ4n) is 1.71. The standard InChI is InChI=1S/C14H12BrCl2N3O/c15-10-5-6-11(13(17)12(10)16)19-7-8-1-3-9(4-2-8)14(18)20-21/h1-6,19,21H,7H2,(H2,18,20). The predicted octanol–water partition coefficient (Wildman–Crippen LogP) is 4.46. The lowest BCUT2D eigenvalue weighted by Gasteiger charge is -2.11. The minimum atomic E-state index is 0.0808. The van der Waals surface area contributed by atoms with Crippen LogP contribution in [-0.2, 0) is 6.54 Å².